The van der Waals surface area contributed by atoms with Gasteiger partial charge in [0.15, 0.2) is 0 Å². The molecule has 1 aliphatic heterocycles. The van der Waals surface area contributed by atoms with Crippen molar-refractivity contribution in [2.24, 2.45) is 0 Å². The van der Waals surface area contributed by atoms with Gasteiger partial charge in [0.1, 0.15) is 5.75 Å². The standard InChI is InChI=1S/C19H24N2O.2ClH/c1-2-3-4-19(21-11-9-20-10-12-21)17-6-5-16-14-18(22)8-7-15(16)13-17;;/h2,5-8,13-14,19-20,22H,1,3-4,9-12H2;2*1H/t19-;;/m1../s1. The summed E-state index contributed by atoms with van der Waals surface area (Å²) in [7, 11) is 0. The molecule has 2 aromatic carbocycles. The molecule has 1 aliphatic rings. The summed E-state index contributed by atoms with van der Waals surface area (Å²) in [6.07, 6.45) is 4.14. The second-order valence-corrected chi connectivity index (χ2v) is 5.96. The molecular formula is C19H26Cl2N2O. The first-order valence-corrected chi connectivity index (χ1v) is 8.06. The highest BCUT2D eigenvalue weighted by atomic mass is 35.5. The van der Waals surface area contributed by atoms with Gasteiger partial charge in [0.2, 0.25) is 0 Å². The van der Waals surface area contributed by atoms with Crippen molar-refractivity contribution in [3.63, 3.8) is 0 Å². The van der Waals surface area contributed by atoms with Crippen LogP contribution >= 0.6 is 24.8 Å². The van der Waals surface area contributed by atoms with E-state index in [1.165, 1.54) is 10.9 Å². The van der Waals surface area contributed by atoms with E-state index >= 15 is 0 Å². The van der Waals surface area contributed by atoms with E-state index in [0.717, 1.165) is 44.4 Å². The largest absolute Gasteiger partial charge is 0.508 e. The fraction of sp³-hybridized carbons (Fsp3) is 0.368. The number of hydrogen-bond donors (Lipinski definition) is 2. The van der Waals surface area contributed by atoms with E-state index in [-0.39, 0.29) is 24.8 Å². The lowest BCUT2D eigenvalue weighted by molar-refractivity contribution is 0.166. The number of fused-ring (bicyclic) bond motifs is 1. The lowest BCUT2D eigenvalue weighted by atomic mass is 9.96. The van der Waals surface area contributed by atoms with E-state index in [9.17, 15) is 5.11 Å². The van der Waals surface area contributed by atoms with E-state index in [1.54, 1.807) is 6.07 Å². The highest BCUT2D eigenvalue weighted by Crippen LogP contribution is 2.30. The van der Waals surface area contributed by atoms with Crippen molar-refractivity contribution in [1.29, 1.82) is 0 Å². The van der Waals surface area contributed by atoms with Gasteiger partial charge in [-0.3, -0.25) is 4.90 Å². The van der Waals surface area contributed by atoms with Crippen LogP contribution in [0.4, 0.5) is 0 Å². The minimum Gasteiger partial charge on any atom is -0.508 e. The molecule has 5 heteroatoms. The molecule has 0 unspecified atom stereocenters. The molecule has 3 nitrogen and oxygen atoms in total. The van der Waals surface area contributed by atoms with Crippen molar-refractivity contribution in [1.82, 2.24) is 10.2 Å². The number of phenolic OH excluding ortho intramolecular Hbond substituents is 1. The predicted octanol–water partition coefficient (Wildman–Crippen LogP) is 4.30. The van der Waals surface area contributed by atoms with Crippen LogP contribution in [-0.4, -0.2) is 36.2 Å². The Balaban J connectivity index is 0.00000144. The molecular weight excluding hydrogens is 343 g/mol. The molecule has 24 heavy (non-hydrogen) atoms. The quantitative estimate of drug-likeness (QED) is 0.772. The molecule has 2 N–H and O–H groups in total. The highest BCUT2D eigenvalue weighted by Gasteiger charge is 2.21. The van der Waals surface area contributed by atoms with Crippen molar-refractivity contribution in [2.45, 2.75) is 18.9 Å². The SMILES string of the molecule is C=CCC[C@H](c1ccc2cc(O)ccc2c1)N1CCNCC1.Cl.Cl. The first-order chi connectivity index (χ1) is 10.8. The summed E-state index contributed by atoms with van der Waals surface area (Å²) in [4.78, 5) is 2.57. The number of hydrogen-bond acceptors (Lipinski definition) is 3. The second kappa shape index (κ2) is 9.90. The van der Waals surface area contributed by atoms with Gasteiger partial charge in [-0.1, -0.05) is 24.3 Å². The Morgan fingerprint density at radius 2 is 1.75 bits per heavy atom. The van der Waals surface area contributed by atoms with Crippen LogP contribution in [0.25, 0.3) is 10.8 Å². The smallest absolute Gasteiger partial charge is 0.116 e. The molecule has 0 saturated carbocycles. The fourth-order valence-corrected chi connectivity index (χ4v) is 3.29. The van der Waals surface area contributed by atoms with Gasteiger partial charge in [-0.15, -0.1) is 31.4 Å². The zero-order chi connectivity index (χ0) is 15.4. The normalized spacial score (nSPS) is 16.0. The van der Waals surface area contributed by atoms with Crippen molar-refractivity contribution in [2.75, 3.05) is 26.2 Å². The number of halogens is 2. The summed E-state index contributed by atoms with van der Waals surface area (Å²) in [6.45, 7) is 8.18. The molecule has 0 aliphatic carbocycles. The highest BCUT2D eigenvalue weighted by molar-refractivity contribution is 5.86. The maximum atomic E-state index is 9.60. The Labute approximate surface area is 156 Å². The van der Waals surface area contributed by atoms with Crippen LogP contribution in [0.3, 0.4) is 0 Å². The summed E-state index contributed by atoms with van der Waals surface area (Å²) < 4.78 is 0. The second-order valence-electron chi connectivity index (χ2n) is 5.96. The van der Waals surface area contributed by atoms with Crippen LogP contribution in [0.15, 0.2) is 49.1 Å². The molecule has 0 radical (unpaired) electrons. The molecule has 132 valence electrons. The number of rotatable bonds is 5. The van der Waals surface area contributed by atoms with Crippen LogP contribution in [0.5, 0.6) is 5.75 Å². The number of aromatic hydroxyl groups is 1. The van der Waals surface area contributed by atoms with Gasteiger partial charge in [0.25, 0.3) is 0 Å². The van der Waals surface area contributed by atoms with Crippen molar-refractivity contribution in [3.05, 3.63) is 54.6 Å². The van der Waals surface area contributed by atoms with Crippen molar-refractivity contribution in [3.8, 4) is 5.75 Å². The lowest BCUT2D eigenvalue weighted by Crippen LogP contribution is -2.45. The number of phenols is 1. The van der Waals surface area contributed by atoms with Crippen molar-refractivity contribution >= 4 is 35.6 Å². The topological polar surface area (TPSA) is 35.5 Å². The average Bonchev–Trinajstić information content (AvgIpc) is 2.56. The molecule has 0 spiro atoms. The molecule has 1 fully saturated rings. The molecule has 2 aromatic rings. The lowest BCUT2D eigenvalue weighted by Gasteiger charge is -2.35. The zero-order valence-electron chi connectivity index (χ0n) is 13.8. The number of benzene rings is 2. The minimum atomic E-state index is 0. The first kappa shape index (κ1) is 20.8. The van der Waals surface area contributed by atoms with Crippen LogP contribution in [0.2, 0.25) is 0 Å². The molecule has 1 saturated heterocycles. The maximum Gasteiger partial charge on any atom is 0.116 e. The monoisotopic (exact) mass is 368 g/mol. The summed E-state index contributed by atoms with van der Waals surface area (Å²) in [5.41, 5.74) is 1.36. The predicted molar refractivity (Wildman–Crippen MR) is 107 cm³/mol. The summed E-state index contributed by atoms with van der Waals surface area (Å²) in [6, 6.07) is 12.6. The van der Waals surface area contributed by atoms with Crippen LogP contribution in [-0.2, 0) is 0 Å². The Morgan fingerprint density at radius 3 is 2.46 bits per heavy atom. The maximum absolute atomic E-state index is 9.60. The summed E-state index contributed by atoms with van der Waals surface area (Å²) >= 11 is 0. The molecule has 3 rings (SSSR count). The van der Waals surface area contributed by atoms with Gasteiger partial charge in [-0.2, -0.15) is 0 Å². The van der Waals surface area contributed by atoms with E-state index in [1.807, 2.05) is 18.2 Å². The molecule has 1 heterocycles. The Bertz CT molecular complexity index is 657. The van der Waals surface area contributed by atoms with Crippen LogP contribution in [0.1, 0.15) is 24.4 Å². The summed E-state index contributed by atoms with van der Waals surface area (Å²) in [5, 5.41) is 15.3. The third-order valence-electron chi connectivity index (χ3n) is 4.47. The van der Waals surface area contributed by atoms with Gasteiger partial charge < -0.3 is 10.4 Å². The Hall–Kier alpha value is -1.26. The first-order valence-electron chi connectivity index (χ1n) is 8.06. The van der Waals surface area contributed by atoms with Crippen LogP contribution in [0, 0.1) is 0 Å². The van der Waals surface area contributed by atoms with Crippen molar-refractivity contribution < 1.29 is 5.11 Å². The van der Waals surface area contributed by atoms with Gasteiger partial charge in [-0.05, 0) is 47.4 Å². The van der Waals surface area contributed by atoms with E-state index in [4.69, 9.17) is 0 Å². The third-order valence-corrected chi connectivity index (χ3v) is 4.47. The fourth-order valence-electron chi connectivity index (χ4n) is 3.29. The minimum absolute atomic E-state index is 0. The number of piperazine rings is 1. The molecule has 1 atom stereocenters. The number of allylic oxidation sites excluding steroid dienone is 1. The van der Waals surface area contributed by atoms with Gasteiger partial charge >= 0.3 is 0 Å². The van der Waals surface area contributed by atoms with E-state index in [0.29, 0.717) is 11.8 Å². The molecule has 0 amide bonds. The average molecular weight is 369 g/mol. The van der Waals surface area contributed by atoms with Gasteiger partial charge in [-0.25, -0.2) is 0 Å². The summed E-state index contributed by atoms with van der Waals surface area (Å²) in [5.74, 6) is 0.325. The van der Waals surface area contributed by atoms with Crippen LogP contribution < -0.4 is 5.32 Å². The number of nitrogens with zero attached hydrogens (tertiary/aromatic N) is 1. The molecule has 0 bridgehead atoms. The third kappa shape index (κ3) is 4.87. The van der Waals surface area contributed by atoms with E-state index in [2.05, 4.69) is 35.0 Å². The van der Waals surface area contributed by atoms with Gasteiger partial charge in [0.05, 0.1) is 0 Å². The molecule has 0 aromatic heterocycles. The Morgan fingerprint density at radius 1 is 1.08 bits per heavy atom. The number of nitrogens with one attached hydrogen (secondary N) is 1. The Kier molecular flexibility index (Phi) is 8.57. The van der Waals surface area contributed by atoms with Gasteiger partial charge in [0, 0.05) is 32.2 Å². The van der Waals surface area contributed by atoms with E-state index < -0.39 is 0 Å². The zero-order valence-corrected chi connectivity index (χ0v) is 15.4.